The molecule has 3 N–H and O–H groups in total. The zero-order valence-corrected chi connectivity index (χ0v) is 14.4. The van der Waals surface area contributed by atoms with Gasteiger partial charge < -0.3 is 20.5 Å². The molecule has 26 heavy (non-hydrogen) atoms. The topological polar surface area (TPSA) is 110 Å². The number of aromatic carboxylic acids is 1. The largest absolute Gasteiger partial charge is 0.478 e. The number of carboxylic acids is 1. The maximum atomic E-state index is 12.7. The number of carboxylic acid groups (broad SMARTS) is 1. The van der Waals surface area contributed by atoms with Crippen molar-refractivity contribution in [3.05, 3.63) is 54.1 Å². The Morgan fingerprint density at radius 2 is 1.85 bits per heavy atom. The van der Waals surface area contributed by atoms with Gasteiger partial charge in [0.05, 0.1) is 23.5 Å². The SMILES string of the molecule is NC(=O)[C@@H]1CN(C(=O)CSc2ccccc2C(=O)O)c2ccccc2O1. The lowest BCUT2D eigenvalue weighted by atomic mass is 10.2. The summed E-state index contributed by atoms with van der Waals surface area (Å²) in [7, 11) is 0. The molecule has 0 spiro atoms. The Labute approximate surface area is 153 Å². The van der Waals surface area contributed by atoms with Crippen LogP contribution in [0.2, 0.25) is 0 Å². The second-order valence-electron chi connectivity index (χ2n) is 5.57. The van der Waals surface area contributed by atoms with Crippen LogP contribution in [0.4, 0.5) is 5.69 Å². The van der Waals surface area contributed by atoms with Crippen molar-refractivity contribution in [3.8, 4) is 5.75 Å². The molecular weight excluding hydrogens is 356 g/mol. The standard InChI is InChI=1S/C18H16N2O5S/c19-17(22)14-9-20(12-6-2-3-7-13(12)25-14)16(21)10-26-15-8-4-1-5-11(15)18(23)24/h1-8,14H,9-10H2,(H2,19,22)(H,23,24)/t14-/m0/s1. The monoisotopic (exact) mass is 372 g/mol. The predicted molar refractivity (Wildman–Crippen MR) is 96.5 cm³/mol. The first-order chi connectivity index (χ1) is 12.5. The van der Waals surface area contributed by atoms with Gasteiger partial charge in [-0.25, -0.2) is 4.79 Å². The summed E-state index contributed by atoms with van der Waals surface area (Å²) in [5, 5.41) is 9.23. The number of ether oxygens (including phenoxy) is 1. The summed E-state index contributed by atoms with van der Waals surface area (Å²) >= 11 is 1.13. The Kier molecular flexibility index (Phi) is 5.13. The first kappa shape index (κ1) is 17.8. The highest BCUT2D eigenvalue weighted by molar-refractivity contribution is 8.00. The fourth-order valence-corrected chi connectivity index (χ4v) is 3.53. The Balaban J connectivity index is 1.79. The summed E-state index contributed by atoms with van der Waals surface area (Å²) in [5.41, 5.74) is 6.03. The highest BCUT2D eigenvalue weighted by Gasteiger charge is 2.32. The molecule has 7 nitrogen and oxygen atoms in total. The molecule has 0 saturated heterocycles. The van der Waals surface area contributed by atoms with Crippen LogP contribution in [0.25, 0.3) is 0 Å². The highest BCUT2D eigenvalue weighted by atomic mass is 32.2. The number of para-hydroxylation sites is 2. The Hall–Kier alpha value is -3.00. The zero-order valence-electron chi connectivity index (χ0n) is 13.6. The first-order valence-corrected chi connectivity index (χ1v) is 8.76. The van der Waals surface area contributed by atoms with Crippen LogP contribution in [-0.4, -0.2) is 41.3 Å². The molecule has 1 atom stereocenters. The van der Waals surface area contributed by atoms with Crippen LogP contribution in [-0.2, 0) is 9.59 Å². The van der Waals surface area contributed by atoms with E-state index in [1.807, 2.05) is 0 Å². The minimum absolute atomic E-state index is 0.0180. The van der Waals surface area contributed by atoms with E-state index in [1.165, 1.54) is 11.0 Å². The zero-order chi connectivity index (χ0) is 18.7. The van der Waals surface area contributed by atoms with Gasteiger partial charge in [0.1, 0.15) is 5.75 Å². The fourth-order valence-electron chi connectivity index (χ4n) is 2.61. The van der Waals surface area contributed by atoms with Crippen molar-refractivity contribution in [2.75, 3.05) is 17.2 Å². The molecule has 1 heterocycles. The molecule has 0 fully saturated rings. The number of benzene rings is 2. The number of anilines is 1. The molecule has 2 aromatic carbocycles. The third-order valence-electron chi connectivity index (χ3n) is 3.86. The number of primary amides is 1. The third-order valence-corrected chi connectivity index (χ3v) is 4.92. The number of amides is 2. The maximum Gasteiger partial charge on any atom is 0.336 e. The van der Waals surface area contributed by atoms with E-state index in [9.17, 15) is 19.5 Å². The highest BCUT2D eigenvalue weighted by Crippen LogP contribution is 2.34. The number of rotatable bonds is 5. The van der Waals surface area contributed by atoms with Crippen LogP contribution in [0.5, 0.6) is 5.75 Å². The van der Waals surface area contributed by atoms with Gasteiger partial charge >= 0.3 is 5.97 Å². The van der Waals surface area contributed by atoms with E-state index in [1.54, 1.807) is 42.5 Å². The summed E-state index contributed by atoms with van der Waals surface area (Å²) in [6, 6.07) is 13.4. The van der Waals surface area contributed by atoms with E-state index >= 15 is 0 Å². The summed E-state index contributed by atoms with van der Waals surface area (Å²) < 4.78 is 5.53. The third kappa shape index (κ3) is 3.65. The molecule has 1 aliphatic heterocycles. The maximum absolute atomic E-state index is 12.7. The number of nitrogens with two attached hydrogens (primary N) is 1. The van der Waals surface area contributed by atoms with Crippen molar-refractivity contribution in [3.63, 3.8) is 0 Å². The number of carbonyl (C=O) groups is 3. The molecule has 0 aromatic heterocycles. The molecule has 0 unspecified atom stereocenters. The lowest BCUT2D eigenvalue weighted by Gasteiger charge is -2.33. The van der Waals surface area contributed by atoms with Crippen LogP contribution < -0.4 is 15.4 Å². The van der Waals surface area contributed by atoms with E-state index < -0.39 is 18.0 Å². The van der Waals surface area contributed by atoms with Gasteiger partial charge in [-0.2, -0.15) is 0 Å². The van der Waals surface area contributed by atoms with Gasteiger partial charge in [0.2, 0.25) is 5.91 Å². The van der Waals surface area contributed by atoms with Gasteiger partial charge in [-0.1, -0.05) is 24.3 Å². The number of thioether (sulfide) groups is 1. The molecule has 134 valence electrons. The van der Waals surface area contributed by atoms with E-state index in [4.69, 9.17) is 10.5 Å². The van der Waals surface area contributed by atoms with Crippen molar-refractivity contribution in [1.82, 2.24) is 0 Å². The second kappa shape index (κ2) is 7.49. The van der Waals surface area contributed by atoms with E-state index in [2.05, 4.69) is 0 Å². The van der Waals surface area contributed by atoms with E-state index in [0.717, 1.165) is 11.8 Å². The predicted octanol–water partition coefficient (Wildman–Crippen LogP) is 1.76. The molecule has 2 aromatic rings. The van der Waals surface area contributed by atoms with E-state index in [-0.39, 0.29) is 23.8 Å². The van der Waals surface area contributed by atoms with E-state index in [0.29, 0.717) is 16.3 Å². The van der Waals surface area contributed by atoms with Crippen molar-refractivity contribution < 1.29 is 24.2 Å². The van der Waals surface area contributed by atoms with Crippen LogP contribution in [0, 0.1) is 0 Å². The summed E-state index contributed by atoms with van der Waals surface area (Å²) in [6.07, 6.45) is -0.926. The van der Waals surface area contributed by atoms with Crippen LogP contribution in [0.15, 0.2) is 53.4 Å². The van der Waals surface area contributed by atoms with Crippen molar-refractivity contribution in [1.29, 1.82) is 0 Å². The summed E-state index contributed by atoms with van der Waals surface area (Å²) in [6.45, 7) is 0.0202. The Morgan fingerprint density at radius 3 is 2.58 bits per heavy atom. The van der Waals surface area contributed by atoms with Gasteiger partial charge in [0.25, 0.3) is 5.91 Å². The lowest BCUT2D eigenvalue weighted by molar-refractivity contribution is -0.125. The Morgan fingerprint density at radius 1 is 1.15 bits per heavy atom. The second-order valence-corrected chi connectivity index (χ2v) is 6.59. The van der Waals surface area contributed by atoms with Crippen LogP contribution >= 0.6 is 11.8 Å². The van der Waals surface area contributed by atoms with Crippen molar-refractivity contribution >= 4 is 35.2 Å². The molecule has 0 radical (unpaired) electrons. The van der Waals surface area contributed by atoms with Gasteiger partial charge in [0.15, 0.2) is 6.10 Å². The normalized spacial score (nSPS) is 15.7. The molecule has 0 saturated carbocycles. The molecule has 2 amide bonds. The quantitative estimate of drug-likeness (QED) is 0.774. The summed E-state index contributed by atoms with van der Waals surface area (Å²) in [5.74, 6) is -1.54. The number of carbonyl (C=O) groups excluding carboxylic acids is 2. The molecule has 0 aliphatic carbocycles. The minimum atomic E-state index is -1.05. The summed E-state index contributed by atoms with van der Waals surface area (Å²) in [4.78, 5) is 37.5. The number of hydrogen-bond donors (Lipinski definition) is 2. The van der Waals surface area contributed by atoms with Gasteiger partial charge in [0, 0.05) is 4.90 Å². The van der Waals surface area contributed by atoms with Gasteiger partial charge in [-0.05, 0) is 24.3 Å². The lowest BCUT2D eigenvalue weighted by Crippen LogP contribution is -2.49. The van der Waals surface area contributed by atoms with Gasteiger partial charge in [-0.15, -0.1) is 11.8 Å². The Bertz CT molecular complexity index is 870. The fraction of sp³-hybridized carbons (Fsp3) is 0.167. The molecule has 0 bridgehead atoms. The molecule has 3 rings (SSSR count). The number of nitrogens with zero attached hydrogens (tertiary/aromatic N) is 1. The van der Waals surface area contributed by atoms with Crippen molar-refractivity contribution in [2.24, 2.45) is 5.73 Å². The first-order valence-electron chi connectivity index (χ1n) is 7.78. The number of hydrogen-bond acceptors (Lipinski definition) is 5. The number of fused-ring (bicyclic) bond motifs is 1. The minimum Gasteiger partial charge on any atom is -0.478 e. The van der Waals surface area contributed by atoms with Crippen LogP contribution in [0.3, 0.4) is 0 Å². The molecule has 1 aliphatic rings. The average Bonchev–Trinajstić information content (AvgIpc) is 2.65. The van der Waals surface area contributed by atoms with Gasteiger partial charge in [-0.3, -0.25) is 9.59 Å². The smallest absolute Gasteiger partial charge is 0.336 e. The molecule has 8 heteroatoms. The molecular formula is C18H16N2O5S. The average molecular weight is 372 g/mol. The van der Waals surface area contributed by atoms with Crippen molar-refractivity contribution in [2.45, 2.75) is 11.0 Å². The van der Waals surface area contributed by atoms with Crippen LogP contribution in [0.1, 0.15) is 10.4 Å².